The van der Waals surface area contributed by atoms with Crippen molar-refractivity contribution >= 4 is 0 Å². The second-order valence-corrected chi connectivity index (χ2v) is 2.16. The molecular formula is C4H10Cl2NTi. The van der Waals surface area contributed by atoms with Crippen molar-refractivity contribution in [3.05, 3.63) is 0 Å². The van der Waals surface area contributed by atoms with Crippen LogP contribution in [0.4, 0.5) is 0 Å². The van der Waals surface area contributed by atoms with E-state index in [1.807, 2.05) is 0 Å². The van der Waals surface area contributed by atoms with Crippen molar-refractivity contribution in [1.82, 2.24) is 3.38 Å². The molecule has 0 N–H and O–H groups in total. The average molecular weight is 191 g/mol. The van der Waals surface area contributed by atoms with Gasteiger partial charge in [-0.15, -0.1) is 0 Å². The van der Waals surface area contributed by atoms with Crippen molar-refractivity contribution in [3.8, 4) is 0 Å². The monoisotopic (exact) mass is 190 g/mol. The number of hydrogen-bond donors (Lipinski definition) is 0. The Labute approximate surface area is 75.7 Å². The first kappa shape index (κ1) is 16.1. The maximum absolute atomic E-state index is 2.25. The molecule has 0 atom stereocenters. The van der Waals surface area contributed by atoms with Crippen LogP contribution in [0.15, 0.2) is 0 Å². The molecule has 0 aliphatic rings. The fraction of sp³-hybridized carbons (Fsp3) is 1.00. The van der Waals surface area contributed by atoms with E-state index in [9.17, 15) is 0 Å². The minimum atomic E-state index is 0. The number of nitrogens with zero attached hydrogens (tertiary/aromatic N) is 1. The molecule has 0 saturated carbocycles. The van der Waals surface area contributed by atoms with Gasteiger partial charge in [0, 0.05) is 0 Å². The molecule has 0 aliphatic carbocycles. The summed E-state index contributed by atoms with van der Waals surface area (Å²) in [6.07, 6.45) is 0. The minimum absolute atomic E-state index is 0. The van der Waals surface area contributed by atoms with E-state index in [0.29, 0.717) is 0 Å². The van der Waals surface area contributed by atoms with Crippen LogP contribution in [0, 0.1) is 0 Å². The summed E-state index contributed by atoms with van der Waals surface area (Å²) in [6, 6.07) is 0. The molecule has 0 bridgehead atoms. The molecule has 4 heteroatoms. The average Bonchev–Trinajstić information content (AvgIpc) is 1.65. The second kappa shape index (κ2) is 11.1. The maximum atomic E-state index is 2.25. The van der Waals surface area contributed by atoms with Crippen LogP contribution >= 0.6 is 0 Å². The number of halogens is 2. The molecule has 0 spiro atoms. The third-order valence-electron chi connectivity index (χ3n) is 0.763. The Morgan fingerprint density at radius 3 is 1.38 bits per heavy atom. The first-order valence-corrected chi connectivity index (χ1v) is 2.97. The van der Waals surface area contributed by atoms with Crippen LogP contribution in [0.5, 0.6) is 0 Å². The van der Waals surface area contributed by atoms with Crippen LogP contribution in [-0.2, 0) is 20.7 Å². The van der Waals surface area contributed by atoms with Gasteiger partial charge in [0.05, 0.1) is 0 Å². The van der Waals surface area contributed by atoms with Crippen LogP contribution in [-0.4, -0.2) is 16.5 Å². The van der Waals surface area contributed by atoms with Gasteiger partial charge in [-0.1, -0.05) is 0 Å². The summed E-state index contributed by atoms with van der Waals surface area (Å²) in [7, 11) is 0. The van der Waals surface area contributed by atoms with Gasteiger partial charge in [0.15, 0.2) is 0 Å². The van der Waals surface area contributed by atoms with E-state index >= 15 is 0 Å². The normalized spacial score (nSPS) is 7.62. The van der Waals surface area contributed by atoms with Gasteiger partial charge in [-0.2, -0.15) is 0 Å². The smallest absolute Gasteiger partial charge is 1.00 e. The van der Waals surface area contributed by atoms with Crippen molar-refractivity contribution in [1.29, 1.82) is 0 Å². The first-order valence-electron chi connectivity index (χ1n) is 2.27. The van der Waals surface area contributed by atoms with Crippen molar-refractivity contribution < 1.29 is 45.5 Å². The summed E-state index contributed by atoms with van der Waals surface area (Å²) < 4.78 is 2.25. The van der Waals surface area contributed by atoms with Crippen LogP contribution in [0.2, 0.25) is 0 Å². The van der Waals surface area contributed by atoms with Gasteiger partial charge in [-0.25, -0.2) is 0 Å². The molecule has 0 saturated heterocycles. The van der Waals surface area contributed by atoms with Crippen LogP contribution in [0.1, 0.15) is 13.8 Å². The zero-order valence-corrected chi connectivity index (χ0v) is 8.19. The molecule has 0 aromatic carbocycles. The van der Waals surface area contributed by atoms with E-state index in [4.69, 9.17) is 0 Å². The van der Waals surface area contributed by atoms with Crippen molar-refractivity contribution in [3.63, 3.8) is 0 Å². The zero-order valence-electron chi connectivity index (χ0n) is 5.12. The van der Waals surface area contributed by atoms with Gasteiger partial charge in [0.1, 0.15) is 0 Å². The van der Waals surface area contributed by atoms with Crippen LogP contribution in [0.3, 0.4) is 0 Å². The maximum Gasteiger partial charge on any atom is -1.00 e. The predicted molar refractivity (Wildman–Crippen MR) is 22.9 cm³/mol. The Morgan fingerprint density at radius 2 is 1.38 bits per heavy atom. The molecule has 1 nitrogen and oxygen atoms in total. The van der Waals surface area contributed by atoms with E-state index < -0.39 is 0 Å². The van der Waals surface area contributed by atoms with Gasteiger partial charge >= 0.3 is 51.0 Å². The van der Waals surface area contributed by atoms with Gasteiger partial charge in [0.2, 0.25) is 0 Å². The van der Waals surface area contributed by atoms with E-state index in [1.54, 1.807) is 0 Å². The molecule has 8 heavy (non-hydrogen) atoms. The predicted octanol–water partition coefficient (Wildman–Crippen LogP) is -5.20. The largest absolute Gasteiger partial charge is 1.00 e. The van der Waals surface area contributed by atoms with Crippen molar-refractivity contribution in [2.75, 3.05) is 13.1 Å². The molecule has 0 heterocycles. The van der Waals surface area contributed by atoms with E-state index in [1.165, 1.54) is 0 Å². The molecule has 0 aromatic rings. The Morgan fingerprint density at radius 1 is 1.12 bits per heavy atom. The summed E-state index contributed by atoms with van der Waals surface area (Å²) in [5, 5.41) is 0. The van der Waals surface area contributed by atoms with Crippen molar-refractivity contribution in [2.24, 2.45) is 0 Å². The molecule has 49 valence electrons. The first-order chi connectivity index (χ1) is 2.81. The van der Waals surface area contributed by atoms with Gasteiger partial charge in [0.25, 0.3) is 0 Å². The summed E-state index contributed by atoms with van der Waals surface area (Å²) in [5.41, 5.74) is 0. The third-order valence-corrected chi connectivity index (χ3v) is 1.75. The second-order valence-electron chi connectivity index (χ2n) is 1.17. The summed E-state index contributed by atoms with van der Waals surface area (Å²) in [5.74, 6) is 0. The summed E-state index contributed by atoms with van der Waals surface area (Å²) in [4.78, 5) is 0. The molecule has 0 rings (SSSR count). The molecular weight excluding hydrogens is 181 g/mol. The fourth-order valence-corrected chi connectivity index (χ4v) is 0.224. The van der Waals surface area contributed by atoms with Crippen LogP contribution in [0.25, 0.3) is 0 Å². The fourth-order valence-electron chi connectivity index (χ4n) is 0.224. The molecule has 0 radical (unpaired) electrons. The number of hydrogen-bond acceptors (Lipinski definition) is 1. The SMILES string of the molecule is CC[N]([Ti+2])CC.[Cl-].[Cl-]. The van der Waals surface area contributed by atoms with E-state index in [0.717, 1.165) is 13.1 Å². The Bertz CT molecular complexity index is 33.2. The topological polar surface area (TPSA) is 3.24 Å². The Kier molecular flexibility index (Phi) is 22.4. The molecule has 0 unspecified atom stereocenters. The summed E-state index contributed by atoms with van der Waals surface area (Å²) >= 11 is 2.11. The van der Waals surface area contributed by atoms with Crippen molar-refractivity contribution in [2.45, 2.75) is 13.8 Å². The number of rotatable bonds is 2. The Hall–Kier alpha value is 1.25. The molecule has 0 aliphatic heterocycles. The molecule has 0 aromatic heterocycles. The quantitative estimate of drug-likeness (QED) is 0.394. The van der Waals surface area contributed by atoms with Gasteiger partial charge < -0.3 is 24.8 Å². The zero-order chi connectivity index (χ0) is 4.99. The van der Waals surface area contributed by atoms with Gasteiger partial charge in [-0.3, -0.25) is 0 Å². The summed E-state index contributed by atoms with van der Waals surface area (Å²) in [6.45, 7) is 6.64. The van der Waals surface area contributed by atoms with E-state index in [2.05, 4.69) is 37.9 Å². The van der Waals surface area contributed by atoms with Crippen LogP contribution < -0.4 is 24.8 Å². The minimum Gasteiger partial charge on any atom is -1.00 e. The van der Waals surface area contributed by atoms with Gasteiger partial charge in [-0.05, 0) is 0 Å². The molecule has 0 fully saturated rings. The third kappa shape index (κ3) is 10.3. The van der Waals surface area contributed by atoms with E-state index in [-0.39, 0.29) is 24.8 Å². The Balaban J connectivity index is -0.000000125. The molecule has 0 amide bonds. The standard InChI is InChI=1S/C4H10N.2ClH.Ti/c1-3-5-4-2;;;/h3-4H2,1-2H3;2*1H;/q-1;;;+3/p-2.